The molecule has 0 aromatic carbocycles. The zero-order chi connectivity index (χ0) is 8.20. The van der Waals surface area contributed by atoms with Gasteiger partial charge in [-0.3, -0.25) is 0 Å². The third-order valence-corrected chi connectivity index (χ3v) is 1.55. The van der Waals surface area contributed by atoms with E-state index in [0.717, 1.165) is 0 Å². The van der Waals surface area contributed by atoms with Crippen molar-refractivity contribution < 1.29 is 5.11 Å². The molecule has 0 saturated carbocycles. The summed E-state index contributed by atoms with van der Waals surface area (Å²) in [6, 6.07) is 0. The summed E-state index contributed by atoms with van der Waals surface area (Å²) >= 11 is 16.3. The number of hydrogen-bond acceptors (Lipinski definition) is 1. The first-order valence-corrected chi connectivity index (χ1v) is 3.93. The van der Waals surface area contributed by atoms with E-state index in [9.17, 15) is 0 Å². The number of hydrogen-bond donors (Lipinski definition) is 1. The highest BCUT2D eigenvalue weighted by Gasteiger charge is 2.18. The van der Waals surface area contributed by atoms with Crippen molar-refractivity contribution in [2.45, 2.75) is 16.6 Å². The lowest BCUT2D eigenvalue weighted by atomic mass is 10.2. The molecule has 60 valence electrons. The maximum Gasteiger partial charge on any atom is 0.190 e. The van der Waals surface area contributed by atoms with Crippen LogP contribution in [0.3, 0.4) is 0 Å². The summed E-state index contributed by atoms with van der Waals surface area (Å²) in [5.41, 5.74) is 0.686. The fraction of sp³-hybridized carbons (Fsp3) is 0.667. The Hall–Kier alpha value is 0.570. The van der Waals surface area contributed by atoms with E-state index in [1.807, 2.05) is 0 Å². The molecule has 0 heterocycles. The second kappa shape index (κ2) is 4.45. The fourth-order valence-corrected chi connectivity index (χ4v) is 0.681. The van der Waals surface area contributed by atoms with Crippen LogP contribution in [0.4, 0.5) is 0 Å². The van der Waals surface area contributed by atoms with Gasteiger partial charge in [0, 0.05) is 0 Å². The molecule has 10 heavy (non-hydrogen) atoms. The first-order chi connectivity index (χ1) is 4.45. The van der Waals surface area contributed by atoms with E-state index in [1.54, 1.807) is 0 Å². The SMILES string of the molecule is C=C(CO)CCC(Cl)(Cl)Cl. The van der Waals surface area contributed by atoms with Gasteiger partial charge in [0.25, 0.3) is 0 Å². The lowest BCUT2D eigenvalue weighted by Crippen LogP contribution is -2.02. The topological polar surface area (TPSA) is 20.2 Å². The predicted octanol–water partition coefficient (Wildman–Crippen LogP) is 2.69. The Balaban J connectivity index is 3.46. The summed E-state index contributed by atoms with van der Waals surface area (Å²) in [6.07, 6.45) is 0.948. The second-order valence-corrected chi connectivity index (χ2v) is 4.54. The van der Waals surface area contributed by atoms with Gasteiger partial charge in [-0.15, -0.1) is 0 Å². The molecular formula is C6H9Cl3O. The van der Waals surface area contributed by atoms with E-state index in [4.69, 9.17) is 39.9 Å². The van der Waals surface area contributed by atoms with E-state index in [-0.39, 0.29) is 6.61 Å². The molecule has 0 bridgehead atoms. The molecule has 0 aliphatic rings. The number of halogens is 3. The van der Waals surface area contributed by atoms with E-state index >= 15 is 0 Å². The van der Waals surface area contributed by atoms with Gasteiger partial charge in [0.2, 0.25) is 0 Å². The lowest BCUT2D eigenvalue weighted by molar-refractivity contribution is 0.326. The van der Waals surface area contributed by atoms with Crippen LogP contribution < -0.4 is 0 Å². The first-order valence-electron chi connectivity index (χ1n) is 2.80. The Morgan fingerprint density at radius 1 is 1.40 bits per heavy atom. The third-order valence-electron chi connectivity index (χ3n) is 0.986. The first kappa shape index (κ1) is 10.6. The lowest BCUT2D eigenvalue weighted by Gasteiger charge is -2.09. The van der Waals surface area contributed by atoms with Gasteiger partial charge in [0.05, 0.1) is 6.61 Å². The van der Waals surface area contributed by atoms with Crippen molar-refractivity contribution in [3.05, 3.63) is 12.2 Å². The van der Waals surface area contributed by atoms with Gasteiger partial charge < -0.3 is 5.11 Å². The minimum Gasteiger partial charge on any atom is -0.392 e. The van der Waals surface area contributed by atoms with E-state index in [2.05, 4.69) is 6.58 Å². The molecule has 0 saturated heterocycles. The van der Waals surface area contributed by atoms with Gasteiger partial charge in [-0.25, -0.2) is 0 Å². The zero-order valence-electron chi connectivity index (χ0n) is 5.41. The van der Waals surface area contributed by atoms with Gasteiger partial charge in [0.15, 0.2) is 3.79 Å². The zero-order valence-corrected chi connectivity index (χ0v) is 7.68. The van der Waals surface area contributed by atoms with E-state index in [0.29, 0.717) is 18.4 Å². The van der Waals surface area contributed by atoms with Crippen molar-refractivity contribution in [3.63, 3.8) is 0 Å². The fourth-order valence-electron chi connectivity index (χ4n) is 0.398. The summed E-state index contributed by atoms with van der Waals surface area (Å²) in [5.74, 6) is 0. The molecule has 1 nitrogen and oxygen atoms in total. The molecule has 0 aliphatic carbocycles. The highest BCUT2D eigenvalue weighted by atomic mass is 35.6. The molecule has 0 unspecified atom stereocenters. The number of aliphatic hydroxyl groups excluding tert-OH is 1. The van der Waals surface area contributed by atoms with Crippen LogP contribution in [0.15, 0.2) is 12.2 Å². The van der Waals surface area contributed by atoms with Crippen LogP contribution in [0.5, 0.6) is 0 Å². The van der Waals surface area contributed by atoms with Gasteiger partial charge in [-0.2, -0.15) is 0 Å². The third kappa shape index (κ3) is 6.69. The van der Waals surface area contributed by atoms with Crippen molar-refractivity contribution in [2.75, 3.05) is 6.61 Å². The van der Waals surface area contributed by atoms with Crippen molar-refractivity contribution in [1.29, 1.82) is 0 Å². The standard InChI is InChI=1S/C6H9Cl3O/c1-5(4-10)2-3-6(7,8)9/h10H,1-4H2. The van der Waals surface area contributed by atoms with Crippen LogP contribution >= 0.6 is 34.8 Å². The summed E-state index contributed by atoms with van der Waals surface area (Å²) in [7, 11) is 0. The number of alkyl halides is 3. The Bertz CT molecular complexity index is 117. The molecule has 0 radical (unpaired) electrons. The molecule has 0 spiro atoms. The molecule has 0 aromatic rings. The van der Waals surface area contributed by atoms with Crippen LogP contribution in [0.1, 0.15) is 12.8 Å². The van der Waals surface area contributed by atoms with Crippen molar-refractivity contribution in [2.24, 2.45) is 0 Å². The predicted molar refractivity (Wildman–Crippen MR) is 45.7 cm³/mol. The molecule has 0 rings (SSSR count). The minimum absolute atomic E-state index is 0.0409. The molecular weight excluding hydrogens is 194 g/mol. The minimum atomic E-state index is -1.22. The van der Waals surface area contributed by atoms with Gasteiger partial charge in [-0.05, 0) is 12.8 Å². The molecule has 0 atom stereocenters. The second-order valence-electron chi connectivity index (χ2n) is 2.02. The Morgan fingerprint density at radius 3 is 2.20 bits per heavy atom. The summed E-state index contributed by atoms with van der Waals surface area (Å²) < 4.78 is -1.22. The van der Waals surface area contributed by atoms with Crippen molar-refractivity contribution in [3.8, 4) is 0 Å². The average molecular weight is 203 g/mol. The monoisotopic (exact) mass is 202 g/mol. The quantitative estimate of drug-likeness (QED) is 0.552. The van der Waals surface area contributed by atoms with Gasteiger partial charge >= 0.3 is 0 Å². The average Bonchev–Trinajstić information content (AvgIpc) is 1.81. The summed E-state index contributed by atoms with van der Waals surface area (Å²) in [5, 5.41) is 8.50. The summed E-state index contributed by atoms with van der Waals surface area (Å²) in [4.78, 5) is 0. The Labute approximate surface area is 75.6 Å². The maximum atomic E-state index is 8.50. The smallest absolute Gasteiger partial charge is 0.190 e. The van der Waals surface area contributed by atoms with Crippen LogP contribution in [-0.2, 0) is 0 Å². The molecule has 0 aliphatic heterocycles. The van der Waals surface area contributed by atoms with Crippen molar-refractivity contribution >= 4 is 34.8 Å². The molecule has 0 amide bonds. The van der Waals surface area contributed by atoms with Crippen LogP contribution in [0, 0.1) is 0 Å². The highest BCUT2D eigenvalue weighted by molar-refractivity contribution is 6.67. The maximum absolute atomic E-state index is 8.50. The van der Waals surface area contributed by atoms with E-state index < -0.39 is 3.79 Å². The molecule has 0 aromatic heterocycles. The highest BCUT2D eigenvalue weighted by Crippen LogP contribution is 2.32. The Kier molecular flexibility index (Phi) is 4.70. The number of rotatable bonds is 3. The summed E-state index contributed by atoms with van der Waals surface area (Å²) in [6.45, 7) is 3.51. The number of aliphatic hydroxyl groups is 1. The molecule has 0 fully saturated rings. The molecule has 1 N–H and O–H groups in total. The van der Waals surface area contributed by atoms with E-state index in [1.165, 1.54) is 0 Å². The Morgan fingerprint density at radius 2 is 1.90 bits per heavy atom. The van der Waals surface area contributed by atoms with Crippen LogP contribution in [0.25, 0.3) is 0 Å². The van der Waals surface area contributed by atoms with Crippen LogP contribution in [-0.4, -0.2) is 15.5 Å². The van der Waals surface area contributed by atoms with Crippen molar-refractivity contribution in [1.82, 2.24) is 0 Å². The van der Waals surface area contributed by atoms with Gasteiger partial charge in [-0.1, -0.05) is 47.0 Å². The normalized spacial score (nSPS) is 11.6. The van der Waals surface area contributed by atoms with Gasteiger partial charge in [0.1, 0.15) is 0 Å². The largest absolute Gasteiger partial charge is 0.392 e. The molecule has 4 heteroatoms. The van der Waals surface area contributed by atoms with Crippen LogP contribution in [0.2, 0.25) is 0 Å².